The van der Waals surface area contributed by atoms with Gasteiger partial charge in [0.1, 0.15) is 12.4 Å². The molecule has 19 heavy (non-hydrogen) atoms. The van der Waals surface area contributed by atoms with Gasteiger partial charge in [-0.25, -0.2) is 0 Å². The monoisotopic (exact) mass is 251 g/mol. The number of nitrogens with one attached hydrogen (secondary N) is 1. The van der Waals surface area contributed by atoms with Crippen LogP contribution < -0.4 is 10.1 Å². The highest BCUT2D eigenvalue weighted by atomic mass is 16.5. The lowest BCUT2D eigenvalue weighted by atomic mass is 10.00. The van der Waals surface area contributed by atoms with Crippen LogP contribution in [-0.2, 0) is 0 Å². The molecule has 2 heteroatoms. The van der Waals surface area contributed by atoms with Crippen molar-refractivity contribution in [2.45, 2.75) is 24.9 Å². The van der Waals surface area contributed by atoms with Crippen molar-refractivity contribution in [3.05, 3.63) is 54.1 Å². The summed E-state index contributed by atoms with van der Waals surface area (Å²) in [5.74, 6) is 1.04. The Bertz CT molecular complexity index is 589. The van der Waals surface area contributed by atoms with Gasteiger partial charge in [-0.05, 0) is 36.1 Å². The molecular formula is C17H17NO. The van der Waals surface area contributed by atoms with Crippen LogP contribution >= 0.6 is 0 Å². The number of benzene rings is 2. The van der Waals surface area contributed by atoms with E-state index in [1.54, 1.807) is 0 Å². The lowest BCUT2D eigenvalue weighted by Crippen LogP contribution is -2.24. The fourth-order valence-corrected chi connectivity index (χ4v) is 2.70. The normalized spacial score (nSPS) is 20.9. The molecule has 1 atom stereocenters. The van der Waals surface area contributed by atoms with E-state index in [4.69, 9.17) is 4.74 Å². The second-order valence-electron chi connectivity index (χ2n) is 5.42. The van der Waals surface area contributed by atoms with E-state index in [1.165, 1.54) is 29.5 Å². The van der Waals surface area contributed by atoms with Gasteiger partial charge in [0.2, 0.25) is 0 Å². The first-order chi connectivity index (χ1) is 9.40. The van der Waals surface area contributed by atoms with E-state index < -0.39 is 0 Å². The first-order valence-electron chi connectivity index (χ1n) is 6.98. The molecule has 1 heterocycles. The summed E-state index contributed by atoms with van der Waals surface area (Å²) < 4.78 is 5.77. The van der Waals surface area contributed by atoms with E-state index in [0.29, 0.717) is 12.1 Å². The maximum absolute atomic E-state index is 5.77. The number of ether oxygens (including phenoxy) is 1. The molecule has 0 spiro atoms. The van der Waals surface area contributed by atoms with Crippen LogP contribution in [0.3, 0.4) is 0 Å². The fourth-order valence-electron chi connectivity index (χ4n) is 2.70. The smallest absolute Gasteiger partial charge is 0.124 e. The van der Waals surface area contributed by atoms with Crippen molar-refractivity contribution in [3.8, 4) is 16.9 Å². The van der Waals surface area contributed by atoms with Crippen LogP contribution in [0.25, 0.3) is 11.1 Å². The molecule has 1 fully saturated rings. The lowest BCUT2D eigenvalue weighted by Gasteiger charge is -2.11. The zero-order valence-electron chi connectivity index (χ0n) is 10.8. The van der Waals surface area contributed by atoms with Crippen LogP contribution in [0.2, 0.25) is 0 Å². The van der Waals surface area contributed by atoms with Gasteiger partial charge in [0.25, 0.3) is 0 Å². The van der Waals surface area contributed by atoms with Gasteiger partial charge in [-0.15, -0.1) is 0 Å². The van der Waals surface area contributed by atoms with Crippen LogP contribution in [-0.4, -0.2) is 12.6 Å². The summed E-state index contributed by atoms with van der Waals surface area (Å²) in [4.78, 5) is 0. The Morgan fingerprint density at radius 2 is 1.79 bits per heavy atom. The number of rotatable bonds is 3. The van der Waals surface area contributed by atoms with Crippen molar-refractivity contribution < 1.29 is 4.74 Å². The number of hydrogen-bond donors (Lipinski definition) is 1. The Morgan fingerprint density at radius 1 is 0.947 bits per heavy atom. The molecule has 1 aliphatic heterocycles. The fraction of sp³-hybridized carbons (Fsp3) is 0.294. The SMILES string of the molecule is c1ccc(-c2ccc3c(c2)C(NC2CC2)CO3)cc1. The average molecular weight is 251 g/mol. The van der Waals surface area contributed by atoms with Crippen molar-refractivity contribution in [3.63, 3.8) is 0 Å². The minimum Gasteiger partial charge on any atom is -0.491 e. The van der Waals surface area contributed by atoms with Gasteiger partial charge in [-0.1, -0.05) is 36.4 Å². The van der Waals surface area contributed by atoms with Gasteiger partial charge in [0.05, 0.1) is 6.04 Å². The first-order valence-corrected chi connectivity index (χ1v) is 6.98. The Hall–Kier alpha value is -1.80. The van der Waals surface area contributed by atoms with Crippen LogP contribution in [0, 0.1) is 0 Å². The molecule has 2 aliphatic rings. The number of hydrogen-bond acceptors (Lipinski definition) is 2. The third-order valence-electron chi connectivity index (χ3n) is 3.91. The topological polar surface area (TPSA) is 21.3 Å². The van der Waals surface area contributed by atoms with E-state index in [-0.39, 0.29) is 0 Å². The Kier molecular flexibility index (Phi) is 2.56. The molecule has 1 unspecified atom stereocenters. The zero-order chi connectivity index (χ0) is 12.7. The summed E-state index contributed by atoms with van der Waals surface area (Å²) in [5.41, 5.74) is 3.85. The van der Waals surface area contributed by atoms with Crippen molar-refractivity contribution in [2.24, 2.45) is 0 Å². The summed E-state index contributed by atoms with van der Waals surface area (Å²) >= 11 is 0. The summed E-state index contributed by atoms with van der Waals surface area (Å²) in [7, 11) is 0. The predicted octanol–water partition coefficient (Wildman–Crippen LogP) is 3.54. The van der Waals surface area contributed by atoms with Gasteiger partial charge in [0, 0.05) is 11.6 Å². The van der Waals surface area contributed by atoms with Gasteiger partial charge in [-0.2, -0.15) is 0 Å². The summed E-state index contributed by atoms with van der Waals surface area (Å²) in [6, 6.07) is 18.1. The molecule has 0 aromatic heterocycles. The van der Waals surface area contributed by atoms with Crippen LogP contribution in [0.5, 0.6) is 5.75 Å². The van der Waals surface area contributed by atoms with Crippen molar-refractivity contribution in [2.75, 3.05) is 6.61 Å². The van der Waals surface area contributed by atoms with Gasteiger partial charge in [0.15, 0.2) is 0 Å². The van der Waals surface area contributed by atoms with E-state index in [9.17, 15) is 0 Å². The summed E-state index contributed by atoms with van der Waals surface area (Å²) in [6.07, 6.45) is 2.62. The third-order valence-corrected chi connectivity index (χ3v) is 3.91. The molecule has 1 aliphatic carbocycles. The standard InChI is InChI=1S/C17H17NO/c1-2-4-12(5-3-1)13-6-9-17-15(10-13)16(11-19-17)18-14-7-8-14/h1-6,9-10,14,16,18H,7-8,11H2. The molecule has 1 saturated carbocycles. The molecule has 0 bridgehead atoms. The maximum atomic E-state index is 5.77. The largest absolute Gasteiger partial charge is 0.491 e. The Labute approximate surface area is 113 Å². The molecule has 96 valence electrons. The molecule has 2 nitrogen and oxygen atoms in total. The Balaban J connectivity index is 1.68. The average Bonchev–Trinajstić information content (AvgIpc) is 3.20. The molecule has 1 N–H and O–H groups in total. The molecular weight excluding hydrogens is 234 g/mol. The molecule has 2 aromatic carbocycles. The van der Waals surface area contributed by atoms with E-state index in [0.717, 1.165) is 12.4 Å². The van der Waals surface area contributed by atoms with E-state index >= 15 is 0 Å². The van der Waals surface area contributed by atoms with Gasteiger partial charge >= 0.3 is 0 Å². The minimum absolute atomic E-state index is 0.367. The van der Waals surface area contributed by atoms with Crippen LogP contribution in [0.15, 0.2) is 48.5 Å². The first kappa shape index (κ1) is 11.1. The van der Waals surface area contributed by atoms with Gasteiger partial charge < -0.3 is 10.1 Å². The van der Waals surface area contributed by atoms with Crippen LogP contribution in [0.1, 0.15) is 24.4 Å². The van der Waals surface area contributed by atoms with E-state index in [1.807, 2.05) is 0 Å². The van der Waals surface area contributed by atoms with Crippen molar-refractivity contribution in [1.29, 1.82) is 0 Å². The minimum atomic E-state index is 0.367. The van der Waals surface area contributed by atoms with Gasteiger partial charge in [-0.3, -0.25) is 0 Å². The highest BCUT2D eigenvalue weighted by molar-refractivity contribution is 5.66. The highest BCUT2D eigenvalue weighted by Crippen LogP contribution is 2.37. The maximum Gasteiger partial charge on any atom is 0.124 e. The Morgan fingerprint density at radius 3 is 2.58 bits per heavy atom. The van der Waals surface area contributed by atoms with Crippen molar-refractivity contribution >= 4 is 0 Å². The molecule has 0 radical (unpaired) electrons. The van der Waals surface area contributed by atoms with E-state index in [2.05, 4.69) is 53.8 Å². The zero-order valence-corrected chi connectivity index (χ0v) is 10.8. The van der Waals surface area contributed by atoms with Crippen LogP contribution in [0.4, 0.5) is 0 Å². The number of fused-ring (bicyclic) bond motifs is 1. The highest BCUT2D eigenvalue weighted by Gasteiger charge is 2.30. The third kappa shape index (κ3) is 2.13. The lowest BCUT2D eigenvalue weighted by molar-refractivity contribution is 0.310. The predicted molar refractivity (Wildman–Crippen MR) is 76.3 cm³/mol. The second-order valence-corrected chi connectivity index (χ2v) is 5.42. The summed E-state index contributed by atoms with van der Waals surface area (Å²) in [5, 5.41) is 3.66. The molecule has 0 saturated heterocycles. The molecule has 0 amide bonds. The quantitative estimate of drug-likeness (QED) is 0.901. The molecule has 4 rings (SSSR count). The summed E-state index contributed by atoms with van der Waals surface area (Å²) in [6.45, 7) is 0.768. The second kappa shape index (κ2) is 4.39. The molecule has 2 aromatic rings. The van der Waals surface area contributed by atoms with Crippen molar-refractivity contribution in [1.82, 2.24) is 5.32 Å².